The van der Waals surface area contributed by atoms with Gasteiger partial charge in [0.15, 0.2) is 11.5 Å². The predicted molar refractivity (Wildman–Crippen MR) is 113 cm³/mol. The minimum absolute atomic E-state index is 0.0790. The van der Waals surface area contributed by atoms with Crippen molar-refractivity contribution in [1.82, 2.24) is 25.1 Å². The zero-order chi connectivity index (χ0) is 20.6. The average Bonchev–Trinajstić information content (AvgIpc) is 3.28. The van der Waals surface area contributed by atoms with Crippen LogP contribution in [0.1, 0.15) is 64.1 Å². The van der Waals surface area contributed by atoms with Crippen LogP contribution in [0.3, 0.4) is 0 Å². The fourth-order valence-electron chi connectivity index (χ4n) is 4.95. The second kappa shape index (κ2) is 5.90. The highest BCUT2D eigenvalue weighted by molar-refractivity contribution is 5.97. The molecule has 1 fully saturated rings. The number of hydrogen-bond donors (Lipinski definition) is 2. The smallest absolute Gasteiger partial charge is 0.232 e. The van der Waals surface area contributed by atoms with E-state index in [0.717, 1.165) is 35.6 Å². The molecule has 3 aromatic heterocycles. The third-order valence-electron chi connectivity index (χ3n) is 7.08. The van der Waals surface area contributed by atoms with Crippen LogP contribution in [0.5, 0.6) is 0 Å². The predicted octanol–water partition coefficient (Wildman–Crippen LogP) is 4.19. The van der Waals surface area contributed by atoms with Crippen LogP contribution in [0.25, 0.3) is 22.7 Å². The van der Waals surface area contributed by atoms with E-state index in [4.69, 9.17) is 0 Å². The number of anilines is 1. The van der Waals surface area contributed by atoms with Crippen LogP contribution in [0.2, 0.25) is 0 Å². The lowest BCUT2D eigenvalue weighted by Crippen LogP contribution is -2.40. The molecule has 2 bridgehead atoms. The Morgan fingerprint density at radius 3 is 2.86 bits per heavy atom. The summed E-state index contributed by atoms with van der Waals surface area (Å²) in [4.78, 5) is 27.1. The maximum atomic E-state index is 12.8. The summed E-state index contributed by atoms with van der Waals surface area (Å²) in [6.45, 7) is 8.33. The van der Waals surface area contributed by atoms with Gasteiger partial charge in [0.05, 0.1) is 17.4 Å². The number of aromatic nitrogens is 5. The lowest BCUT2D eigenvalue weighted by atomic mass is 9.54. The van der Waals surface area contributed by atoms with E-state index >= 15 is 0 Å². The van der Waals surface area contributed by atoms with E-state index in [-0.39, 0.29) is 5.91 Å². The molecule has 0 aromatic carbocycles. The topological polar surface area (TPSA) is 90.6 Å². The molecule has 2 N–H and O–H groups in total. The lowest BCUT2D eigenvalue weighted by molar-refractivity contribution is -0.126. The van der Waals surface area contributed by atoms with E-state index < -0.39 is 5.41 Å². The van der Waals surface area contributed by atoms with Gasteiger partial charge in [-0.3, -0.25) is 9.89 Å². The van der Waals surface area contributed by atoms with Gasteiger partial charge in [-0.2, -0.15) is 5.10 Å². The number of aromatic amines is 2. The number of carbonyl (C=O) groups excluding carboxylic acids is 1. The maximum Gasteiger partial charge on any atom is 0.232 e. The summed E-state index contributed by atoms with van der Waals surface area (Å²) >= 11 is 0. The molecule has 0 spiro atoms. The summed E-state index contributed by atoms with van der Waals surface area (Å²) in [5.41, 5.74) is 5.75. The Kier molecular flexibility index (Phi) is 3.73. The summed E-state index contributed by atoms with van der Waals surface area (Å²) in [6.07, 6.45) is 6.03. The molecule has 7 nitrogen and oxygen atoms in total. The Morgan fingerprint density at radius 1 is 1.38 bits per heavy atom. The van der Waals surface area contributed by atoms with Crippen LogP contribution in [-0.4, -0.2) is 38.1 Å². The van der Waals surface area contributed by atoms with Crippen molar-refractivity contribution < 1.29 is 4.79 Å². The van der Waals surface area contributed by atoms with Gasteiger partial charge >= 0.3 is 0 Å². The Morgan fingerprint density at radius 2 is 2.14 bits per heavy atom. The van der Waals surface area contributed by atoms with Crippen molar-refractivity contribution in [3.05, 3.63) is 23.5 Å². The van der Waals surface area contributed by atoms with E-state index in [9.17, 15) is 4.79 Å². The van der Waals surface area contributed by atoms with Crippen molar-refractivity contribution in [1.29, 1.82) is 0 Å². The second-order valence-electron chi connectivity index (χ2n) is 9.81. The zero-order valence-corrected chi connectivity index (χ0v) is 17.8. The van der Waals surface area contributed by atoms with Crippen LogP contribution < -0.4 is 4.90 Å². The van der Waals surface area contributed by atoms with Crippen molar-refractivity contribution in [2.24, 2.45) is 10.8 Å². The minimum atomic E-state index is -0.409. The Labute approximate surface area is 170 Å². The third kappa shape index (κ3) is 2.70. The molecule has 3 aliphatic carbocycles. The Hall–Kier alpha value is -2.70. The van der Waals surface area contributed by atoms with Gasteiger partial charge in [0.25, 0.3) is 0 Å². The molecule has 3 aromatic rings. The molecule has 3 aliphatic rings. The molecule has 0 radical (unpaired) electrons. The molecule has 0 saturated heterocycles. The van der Waals surface area contributed by atoms with Crippen LogP contribution in [-0.2, 0) is 11.2 Å². The van der Waals surface area contributed by atoms with Crippen molar-refractivity contribution in [3.63, 3.8) is 0 Å². The highest BCUT2D eigenvalue weighted by Crippen LogP contribution is 2.59. The van der Waals surface area contributed by atoms with E-state index in [1.165, 1.54) is 24.1 Å². The standard InChI is InChI=1S/C22H28N6O/c1-6-21(2,3)20(29)28(5)13-7-14-18(23-11-13)25-19(24-14)17-16-12-8-22(4,9-12)10-15(16)26-27-17/h7,11-12H,6,8-10H2,1-5H3,(H,26,27)(H,23,24,25). The van der Waals surface area contributed by atoms with Gasteiger partial charge in [-0.1, -0.05) is 27.7 Å². The van der Waals surface area contributed by atoms with Crippen LogP contribution in [0.15, 0.2) is 12.3 Å². The van der Waals surface area contributed by atoms with Crippen LogP contribution in [0, 0.1) is 10.8 Å². The number of nitrogens with one attached hydrogen (secondary N) is 2. The minimum Gasteiger partial charge on any atom is -0.335 e. The number of imidazole rings is 1. The monoisotopic (exact) mass is 392 g/mol. The highest BCUT2D eigenvalue weighted by Gasteiger charge is 2.48. The summed E-state index contributed by atoms with van der Waals surface area (Å²) in [5, 5.41) is 7.83. The first kappa shape index (κ1) is 18.3. The van der Waals surface area contributed by atoms with Gasteiger partial charge in [0, 0.05) is 23.7 Å². The van der Waals surface area contributed by atoms with Crippen molar-refractivity contribution >= 4 is 22.8 Å². The number of hydrogen-bond acceptors (Lipinski definition) is 4. The number of nitrogens with zero attached hydrogens (tertiary/aromatic N) is 4. The Balaban J connectivity index is 1.49. The van der Waals surface area contributed by atoms with E-state index in [2.05, 4.69) is 32.1 Å². The molecule has 7 heteroatoms. The van der Waals surface area contributed by atoms with E-state index in [1.54, 1.807) is 18.1 Å². The van der Waals surface area contributed by atoms with Gasteiger partial charge in [-0.25, -0.2) is 9.97 Å². The first-order valence-electron chi connectivity index (χ1n) is 10.4. The summed E-state index contributed by atoms with van der Waals surface area (Å²) in [5.74, 6) is 1.41. The molecule has 0 atom stereocenters. The SMILES string of the molecule is CCC(C)(C)C(=O)N(C)c1cnc2nc(-c3n[nH]c4c3C3CC(C)(C4)C3)[nH]c2c1. The molecule has 1 saturated carbocycles. The van der Waals surface area contributed by atoms with Gasteiger partial charge < -0.3 is 9.88 Å². The molecule has 6 rings (SSSR count). The molecule has 3 heterocycles. The molecule has 152 valence electrons. The molecule has 0 aliphatic heterocycles. The van der Waals surface area contributed by atoms with Gasteiger partial charge in [0.1, 0.15) is 5.69 Å². The number of fused-ring (bicyclic) bond motifs is 1. The van der Waals surface area contributed by atoms with Crippen molar-refractivity contribution in [2.45, 2.75) is 59.3 Å². The number of H-pyrrole nitrogens is 2. The maximum absolute atomic E-state index is 12.8. The van der Waals surface area contributed by atoms with Crippen molar-refractivity contribution in [3.8, 4) is 11.5 Å². The molecular formula is C22H28N6O. The van der Waals surface area contributed by atoms with Gasteiger partial charge in [-0.05, 0) is 43.1 Å². The fraction of sp³-hybridized carbons (Fsp3) is 0.545. The van der Waals surface area contributed by atoms with E-state index in [1.807, 2.05) is 26.8 Å². The van der Waals surface area contributed by atoms with Crippen molar-refractivity contribution in [2.75, 3.05) is 11.9 Å². The van der Waals surface area contributed by atoms with Gasteiger partial charge in [-0.15, -0.1) is 0 Å². The highest BCUT2D eigenvalue weighted by atomic mass is 16.2. The number of rotatable bonds is 4. The molecule has 0 unspecified atom stereocenters. The van der Waals surface area contributed by atoms with Crippen LogP contribution >= 0.6 is 0 Å². The fourth-order valence-corrected chi connectivity index (χ4v) is 4.95. The lowest BCUT2D eigenvalue weighted by Gasteiger charge is -2.50. The van der Waals surface area contributed by atoms with Crippen LogP contribution in [0.4, 0.5) is 5.69 Å². The largest absolute Gasteiger partial charge is 0.335 e. The third-order valence-corrected chi connectivity index (χ3v) is 7.08. The molecular weight excluding hydrogens is 364 g/mol. The quantitative estimate of drug-likeness (QED) is 0.697. The Bertz CT molecular complexity index is 1120. The number of carbonyl (C=O) groups is 1. The van der Waals surface area contributed by atoms with Gasteiger partial charge in [0.2, 0.25) is 5.91 Å². The zero-order valence-electron chi connectivity index (χ0n) is 17.8. The summed E-state index contributed by atoms with van der Waals surface area (Å²) < 4.78 is 0. The number of pyridine rings is 1. The normalized spacial score (nSPS) is 23.0. The second-order valence-corrected chi connectivity index (χ2v) is 9.81. The average molecular weight is 393 g/mol. The van der Waals surface area contributed by atoms with E-state index in [0.29, 0.717) is 17.0 Å². The molecule has 29 heavy (non-hydrogen) atoms. The molecule has 1 amide bonds. The summed E-state index contributed by atoms with van der Waals surface area (Å²) in [7, 11) is 1.80. The first-order valence-corrected chi connectivity index (χ1v) is 10.4. The first-order chi connectivity index (χ1) is 13.7. The summed E-state index contributed by atoms with van der Waals surface area (Å²) in [6, 6.07) is 1.95. The number of amides is 1.